The van der Waals surface area contributed by atoms with Gasteiger partial charge in [-0.25, -0.2) is 0 Å². The number of aliphatic hydroxyl groups is 1. The predicted molar refractivity (Wildman–Crippen MR) is 51.4 cm³/mol. The Morgan fingerprint density at radius 1 is 1.69 bits per heavy atom. The maximum atomic E-state index is 9.84. The van der Waals surface area contributed by atoms with Crippen molar-refractivity contribution in [2.45, 2.75) is 38.7 Å². The Bertz CT molecular complexity index is 269. The zero-order valence-electron chi connectivity index (χ0n) is 7.73. The van der Waals surface area contributed by atoms with Crippen molar-refractivity contribution >= 4 is 11.5 Å². The molecule has 0 radical (unpaired) electrons. The molecule has 2 rings (SSSR count). The number of aliphatic hydroxyl groups excluding tert-OH is 1. The zero-order valence-corrected chi connectivity index (χ0v) is 8.55. The zero-order chi connectivity index (χ0) is 9.31. The molecule has 1 saturated carbocycles. The molecule has 1 aliphatic rings. The molecule has 0 saturated heterocycles. The first-order chi connectivity index (χ1) is 6.20. The molecular weight excluding hydrogens is 184 g/mol. The second kappa shape index (κ2) is 3.35. The van der Waals surface area contributed by atoms with E-state index in [9.17, 15) is 5.11 Å². The van der Waals surface area contributed by atoms with E-state index in [1.54, 1.807) is 6.20 Å². The van der Waals surface area contributed by atoms with Gasteiger partial charge in [0.2, 0.25) is 0 Å². The summed E-state index contributed by atoms with van der Waals surface area (Å²) in [5, 5.41) is 13.6. The van der Waals surface area contributed by atoms with E-state index in [1.807, 2.05) is 0 Å². The molecule has 1 heterocycles. The normalized spacial score (nSPS) is 22.3. The summed E-state index contributed by atoms with van der Waals surface area (Å²) in [6.45, 7) is 2.24. The third kappa shape index (κ3) is 1.89. The highest BCUT2D eigenvalue weighted by Crippen LogP contribution is 2.46. The van der Waals surface area contributed by atoms with Crippen LogP contribution in [0.5, 0.6) is 0 Å². The standard InChI is InChI=1S/C9H14N2OS/c1-9(3-2-4-9)5-7(12)8-6-10-11-13-8/h6-7,12H,2-5H2,1H3. The van der Waals surface area contributed by atoms with Gasteiger partial charge in [-0.05, 0) is 36.2 Å². The van der Waals surface area contributed by atoms with E-state index in [1.165, 1.54) is 30.8 Å². The van der Waals surface area contributed by atoms with Crippen LogP contribution in [-0.2, 0) is 0 Å². The molecule has 1 unspecified atom stereocenters. The number of nitrogens with zero attached hydrogens (tertiary/aromatic N) is 2. The first-order valence-electron chi connectivity index (χ1n) is 4.65. The fourth-order valence-electron chi connectivity index (χ4n) is 1.87. The first-order valence-corrected chi connectivity index (χ1v) is 5.42. The SMILES string of the molecule is CC1(CC(O)c2cnns2)CCC1. The Morgan fingerprint density at radius 2 is 2.46 bits per heavy atom. The Hall–Kier alpha value is -0.480. The quantitative estimate of drug-likeness (QED) is 0.809. The lowest BCUT2D eigenvalue weighted by Gasteiger charge is -2.39. The highest BCUT2D eigenvalue weighted by molar-refractivity contribution is 7.05. The number of rotatable bonds is 3. The van der Waals surface area contributed by atoms with Gasteiger partial charge in [-0.3, -0.25) is 0 Å². The topological polar surface area (TPSA) is 46.0 Å². The summed E-state index contributed by atoms with van der Waals surface area (Å²) in [6, 6.07) is 0. The molecule has 0 bridgehead atoms. The van der Waals surface area contributed by atoms with Crippen LogP contribution in [0.1, 0.15) is 43.6 Å². The monoisotopic (exact) mass is 198 g/mol. The largest absolute Gasteiger partial charge is 0.387 e. The Kier molecular flexibility index (Phi) is 2.34. The number of aromatic nitrogens is 2. The van der Waals surface area contributed by atoms with Crippen molar-refractivity contribution in [3.63, 3.8) is 0 Å². The van der Waals surface area contributed by atoms with Gasteiger partial charge in [0.05, 0.1) is 17.2 Å². The molecule has 3 nitrogen and oxygen atoms in total. The first kappa shape index (κ1) is 9.09. The van der Waals surface area contributed by atoms with Crippen LogP contribution in [0.4, 0.5) is 0 Å². The molecular formula is C9H14N2OS. The molecule has 1 fully saturated rings. The molecule has 72 valence electrons. The second-order valence-electron chi connectivity index (χ2n) is 4.20. The summed E-state index contributed by atoms with van der Waals surface area (Å²) < 4.78 is 3.75. The van der Waals surface area contributed by atoms with Crippen LogP contribution < -0.4 is 0 Å². The average molecular weight is 198 g/mol. The van der Waals surface area contributed by atoms with Gasteiger partial charge in [-0.1, -0.05) is 17.8 Å². The summed E-state index contributed by atoms with van der Waals surface area (Å²) in [5.74, 6) is 0. The van der Waals surface area contributed by atoms with Crippen molar-refractivity contribution in [1.29, 1.82) is 0 Å². The molecule has 1 aromatic heterocycles. The van der Waals surface area contributed by atoms with Crippen molar-refractivity contribution in [3.8, 4) is 0 Å². The highest BCUT2D eigenvalue weighted by Gasteiger charge is 2.34. The molecule has 13 heavy (non-hydrogen) atoms. The average Bonchev–Trinajstić information content (AvgIpc) is 2.53. The predicted octanol–water partition coefficient (Wildman–Crippen LogP) is 2.15. The summed E-state index contributed by atoms with van der Waals surface area (Å²) in [7, 11) is 0. The third-order valence-electron chi connectivity index (χ3n) is 2.95. The van der Waals surface area contributed by atoms with Gasteiger partial charge in [0, 0.05) is 0 Å². The fraction of sp³-hybridized carbons (Fsp3) is 0.778. The fourth-order valence-corrected chi connectivity index (χ4v) is 2.36. The van der Waals surface area contributed by atoms with E-state index in [0.717, 1.165) is 11.3 Å². The van der Waals surface area contributed by atoms with Crippen LogP contribution in [0.2, 0.25) is 0 Å². The maximum absolute atomic E-state index is 9.84. The maximum Gasteiger partial charge on any atom is 0.0919 e. The van der Waals surface area contributed by atoms with Crippen molar-refractivity contribution in [2.75, 3.05) is 0 Å². The van der Waals surface area contributed by atoms with Crippen molar-refractivity contribution in [3.05, 3.63) is 11.1 Å². The van der Waals surface area contributed by atoms with Gasteiger partial charge in [0.25, 0.3) is 0 Å². The van der Waals surface area contributed by atoms with Crippen molar-refractivity contribution in [2.24, 2.45) is 5.41 Å². The molecule has 1 N–H and O–H groups in total. The number of hydrogen-bond donors (Lipinski definition) is 1. The second-order valence-corrected chi connectivity index (χ2v) is 5.02. The summed E-state index contributed by atoms with van der Waals surface area (Å²) in [5.41, 5.74) is 0.364. The molecule has 1 aliphatic carbocycles. The van der Waals surface area contributed by atoms with Gasteiger partial charge in [0.15, 0.2) is 0 Å². The minimum Gasteiger partial charge on any atom is -0.387 e. The van der Waals surface area contributed by atoms with Crippen molar-refractivity contribution < 1.29 is 5.11 Å². The van der Waals surface area contributed by atoms with Crippen LogP contribution in [0.25, 0.3) is 0 Å². The molecule has 0 aromatic carbocycles. The molecule has 4 heteroatoms. The van der Waals surface area contributed by atoms with E-state index in [4.69, 9.17) is 0 Å². The minimum absolute atomic E-state index is 0.356. The summed E-state index contributed by atoms with van der Waals surface area (Å²) >= 11 is 1.30. The van der Waals surface area contributed by atoms with Gasteiger partial charge in [-0.2, -0.15) is 0 Å². The van der Waals surface area contributed by atoms with Gasteiger partial charge in [-0.15, -0.1) is 5.10 Å². The summed E-state index contributed by atoms with van der Waals surface area (Å²) in [6.07, 6.45) is 5.97. The molecule has 1 aromatic rings. The van der Waals surface area contributed by atoms with Crippen LogP contribution in [0, 0.1) is 5.41 Å². The Balaban J connectivity index is 1.95. The van der Waals surface area contributed by atoms with Crippen LogP contribution in [-0.4, -0.2) is 14.7 Å². The van der Waals surface area contributed by atoms with Crippen molar-refractivity contribution in [1.82, 2.24) is 9.59 Å². The van der Waals surface area contributed by atoms with E-state index >= 15 is 0 Å². The van der Waals surface area contributed by atoms with Crippen LogP contribution in [0.3, 0.4) is 0 Å². The Morgan fingerprint density at radius 3 is 2.92 bits per heavy atom. The van der Waals surface area contributed by atoms with Crippen LogP contribution in [0.15, 0.2) is 6.20 Å². The van der Waals surface area contributed by atoms with Gasteiger partial charge in [0.1, 0.15) is 0 Å². The molecule has 1 atom stereocenters. The van der Waals surface area contributed by atoms with E-state index < -0.39 is 0 Å². The third-order valence-corrected chi connectivity index (χ3v) is 3.72. The smallest absolute Gasteiger partial charge is 0.0919 e. The summed E-state index contributed by atoms with van der Waals surface area (Å²) in [4.78, 5) is 0.896. The van der Waals surface area contributed by atoms with E-state index in [-0.39, 0.29) is 6.10 Å². The van der Waals surface area contributed by atoms with Gasteiger partial charge < -0.3 is 5.11 Å². The van der Waals surface area contributed by atoms with Gasteiger partial charge >= 0.3 is 0 Å². The Labute approximate surface area is 82.0 Å². The van der Waals surface area contributed by atoms with E-state index in [2.05, 4.69) is 16.5 Å². The number of hydrogen-bond acceptors (Lipinski definition) is 4. The lowest BCUT2D eigenvalue weighted by molar-refractivity contribution is 0.0564. The van der Waals surface area contributed by atoms with Crippen LogP contribution >= 0.6 is 11.5 Å². The van der Waals surface area contributed by atoms with E-state index in [0.29, 0.717) is 5.41 Å². The highest BCUT2D eigenvalue weighted by atomic mass is 32.1. The molecule has 0 aliphatic heterocycles. The lowest BCUT2D eigenvalue weighted by atomic mass is 9.67. The lowest BCUT2D eigenvalue weighted by Crippen LogP contribution is -2.27. The minimum atomic E-state index is -0.356. The molecule has 0 amide bonds. The molecule has 0 spiro atoms.